The van der Waals surface area contributed by atoms with Crippen LogP contribution in [0.2, 0.25) is 0 Å². The molecule has 113 heavy (non-hydrogen) atoms. The first-order valence-electron chi connectivity index (χ1n) is 36.9. The van der Waals surface area contributed by atoms with Gasteiger partial charge in [0.2, 0.25) is 0 Å². The summed E-state index contributed by atoms with van der Waals surface area (Å²) < 4.78 is 0. The predicted molar refractivity (Wildman–Crippen MR) is 451 cm³/mol. The minimum Gasteiger partial charge on any atom is -0.508 e. The summed E-state index contributed by atoms with van der Waals surface area (Å²) in [6, 6.07) is 122. The number of fused-ring (bicyclic) bond motifs is 1. The zero-order chi connectivity index (χ0) is 79.5. The fourth-order valence-electron chi connectivity index (χ4n) is 13.3. The number of hydrogen-bond acceptors (Lipinski definition) is 12. The van der Waals surface area contributed by atoms with Gasteiger partial charge < -0.3 is 61.3 Å². The highest BCUT2D eigenvalue weighted by Gasteiger charge is 2.38. The number of hydrogen-bond donors (Lipinski definition) is 12. The van der Waals surface area contributed by atoms with E-state index in [0.29, 0.717) is 11.5 Å². The molecule has 0 bridgehead atoms. The van der Waals surface area contributed by atoms with Gasteiger partial charge in [-0.2, -0.15) is 0 Å². The van der Waals surface area contributed by atoms with Crippen LogP contribution in [0.3, 0.4) is 0 Å². The minimum absolute atomic E-state index is 0.0206. The number of phenolic OH excluding ortho intramolecular Hbond substituents is 12. The van der Waals surface area contributed by atoms with Gasteiger partial charge in [-0.05, 0) is 259 Å². The molecule has 0 fully saturated rings. The molecule has 16 rings (SSSR count). The molecule has 564 valence electrons. The Balaban J connectivity index is 0.000000137. The molecule has 0 unspecified atom stereocenters. The van der Waals surface area contributed by atoms with Gasteiger partial charge in [-0.1, -0.05) is 256 Å². The molecule has 0 aliphatic carbocycles. The van der Waals surface area contributed by atoms with Crippen LogP contribution < -0.4 is 0 Å². The van der Waals surface area contributed by atoms with Crippen LogP contribution in [0.25, 0.3) is 21.9 Å². The SMILES string of the molecule is CC(c1ccc(O)cc1)c1ccc(O)cc1.Oc1ccc(-c2ccc(O)cc2)cc1.Oc1ccc(C(c2ccc(O)cc2)c2cccc3ccccc23)cc1.Oc1ccc(C(c2ccccc2)(c2ccccc2)c2ccc(O)cc2)cc1.Oc1ccc(CCc2ccc(O)cc2)cc1.Oc1ccc(Cc2ccc(O)cc2)cc1. The molecule has 0 aliphatic rings. The largest absolute Gasteiger partial charge is 0.508 e. The van der Waals surface area contributed by atoms with Crippen molar-refractivity contribution >= 4 is 10.8 Å². The Morgan fingerprint density at radius 3 is 0.770 bits per heavy atom. The van der Waals surface area contributed by atoms with Crippen molar-refractivity contribution in [2.45, 2.75) is 43.4 Å². The van der Waals surface area contributed by atoms with E-state index in [0.717, 1.165) is 86.0 Å². The first-order valence-corrected chi connectivity index (χ1v) is 36.9. The highest BCUT2D eigenvalue weighted by Crippen LogP contribution is 2.46. The smallest absolute Gasteiger partial charge is 0.115 e. The van der Waals surface area contributed by atoms with Gasteiger partial charge in [0.05, 0.1) is 5.41 Å². The maximum absolute atomic E-state index is 9.84. The van der Waals surface area contributed by atoms with Gasteiger partial charge in [0.25, 0.3) is 0 Å². The molecule has 16 aromatic rings. The second kappa shape index (κ2) is 39.0. The first kappa shape index (κ1) is 79.4. The van der Waals surface area contributed by atoms with Crippen molar-refractivity contribution in [3.05, 3.63) is 467 Å². The molecule has 12 heteroatoms. The van der Waals surface area contributed by atoms with Crippen molar-refractivity contribution in [3.63, 3.8) is 0 Å². The van der Waals surface area contributed by atoms with Crippen LogP contribution in [0.1, 0.15) is 91.1 Å². The summed E-state index contributed by atoms with van der Waals surface area (Å²) in [5, 5.41) is 115. The Morgan fingerprint density at radius 2 is 0.451 bits per heavy atom. The van der Waals surface area contributed by atoms with Gasteiger partial charge in [-0.3, -0.25) is 0 Å². The van der Waals surface area contributed by atoms with E-state index in [4.69, 9.17) is 30.6 Å². The van der Waals surface area contributed by atoms with Crippen molar-refractivity contribution in [3.8, 4) is 80.1 Å². The van der Waals surface area contributed by atoms with Gasteiger partial charge in [0.15, 0.2) is 0 Å². The number of aryl methyl sites for hydroxylation is 2. The number of phenols is 12. The average Bonchev–Trinajstić information content (AvgIpc) is 0.740. The van der Waals surface area contributed by atoms with Crippen molar-refractivity contribution in [2.75, 3.05) is 0 Å². The van der Waals surface area contributed by atoms with Crippen LogP contribution in [-0.4, -0.2) is 61.3 Å². The van der Waals surface area contributed by atoms with Crippen molar-refractivity contribution < 1.29 is 61.3 Å². The third-order valence-corrected chi connectivity index (χ3v) is 19.3. The quantitative estimate of drug-likeness (QED) is 0.0429. The molecule has 0 aliphatic heterocycles. The molecular formula is C101H88O12. The fraction of sp³-hybridized carbons (Fsp3) is 0.0693. The monoisotopic (exact) mass is 1490 g/mol. The Hall–Kier alpha value is -14.6. The van der Waals surface area contributed by atoms with E-state index in [1.807, 2.05) is 188 Å². The van der Waals surface area contributed by atoms with Crippen LogP contribution in [0.5, 0.6) is 69.0 Å². The average molecular weight is 1490 g/mol. The van der Waals surface area contributed by atoms with E-state index in [-0.39, 0.29) is 69.3 Å². The second-order valence-electron chi connectivity index (χ2n) is 27.1. The summed E-state index contributed by atoms with van der Waals surface area (Å²) in [5.74, 6) is 3.49. The molecule has 0 saturated carbocycles. The molecule has 0 saturated heterocycles. The molecule has 0 spiro atoms. The molecule has 0 amide bonds. The lowest BCUT2D eigenvalue weighted by Crippen LogP contribution is -2.30. The van der Waals surface area contributed by atoms with E-state index >= 15 is 0 Å². The molecule has 12 nitrogen and oxygen atoms in total. The van der Waals surface area contributed by atoms with Gasteiger partial charge >= 0.3 is 0 Å². The fourth-order valence-corrected chi connectivity index (χ4v) is 13.3. The van der Waals surface area contributed by atoms with E-state index in [9.17, 15) is 30.6 Å². The molecule has 0 aromatic heterocycles. The predicted octanol–water partition coefficient (Wildman–Crippen LogP) is 22.5. The van der Waals surface area contributed by atoms with Crippen LogP contribution in [0.4, 0.5) is 0 Å². The summed E-state index contributed by atoms with van der Waals surface area (Å²) in [6.45, 7) is 2.10. The lowest BCUT2D eigenvalue weighted by molar-refractivity contribution is 0.473. The highest BCUT2D eigenvalue weighted by molar-refractivity contribution is 5.87. The normalized spacial score (nSPS) is 10.7. The standard InChI is InChI=1S/C25H20O2.C23H18O2.2C14H14O2.C13H12O2.C12H10O2/c26-23-15-11-21(12-16-23)25(19-7-3-1-4-8-19,20-9-5-2-6-10-20)22-13-17-24(27)18-14-22;24-19-12-8-17(9-13-19)23(18-10-14-20(25)15-11-18)22-7-3-5-16-4-1-2-6-21(16)22;1-10(11-2-6-13(15)7-3-11)12-4-8-14(16)9-5-12;15-13-7-3-11(4-8-13)1-2-12-5-9-14(16)10-6-12;14-12-5-1-10(2-6-12)9-11-3-7-13(15)8-4-11;13-11-5-1-9(2-6-11)10-3-7-12(14)8-4-10/h1-18,26-27H;1-15,23-25H;2-10,15-16H,1H3;3-10,15-16H,1-2H2;1-8,14-15H,9H2;1-8,13-14H. The second-order valence-corrected chi connectivity index (χ2v) is 27.1. The highest BCUT2D eigenvalue weighted by atomic mass is 16.3. The van der Waals surface area contributed by atoms with Crippen LogP contribution >= 0.6 is 0 Å². The van der Waals surface area contributed by atoms with Crippen molar-refractivity contribution in [2.24, 2.45) is 0 Å². The van der Waals surface area contributed by atoms with Crippen LogP contribution in [-0.2, 0) is 24.7 Å². The lowest BCUT2D eigenvalue weighted by atomic mass is 9.65. The maximum Gasteiger partial charge on any atom is 0.115 e. The molecule has 16 aromatic carbocycles. The topological polar surface area (TPSA) is 243 Å². The maximum atomic E-state index is 9.84. The zero-order valence-corrected chi connectivity index (χ0v) is 62.2. The molecule has 0 atom stereocenters. The summed E-state index contributed by atoms with van der Waals surface area (Å²) in [5.41, 5.74) is 16.1. The first-order chi connectivity index (χ1) is 54.8. The Bertz CT molecular complexity index is 5200. The van der Waals surface area contributed by atoms with Crippen LogP contribution in [0, 0.1) is 0 Å². The summed E-state index contributed by atoms with van der Waals surface area (Å²) >= 11 is 0. The Labute approximate surface area is 658 Å². The van der Waals surface area contributed by atoms with Gasteiger partial charge in [-0.25, -0.2) is 0 Å². The summed E-state index contributed by atoms with van der Waals surface area (Å²) in [7, 11) is 0. The zero-order valence-electron chi connectivity index (χ0n) is 62.2. The van der Waals surface area contributed by atoms with E-state index in [2.05, 4.69) is 67.6 Å². The van der Waals surface area contributed by atoms with Gasteiger partial charge in [0.1, 0.15) is 69.0 Å². The summed E-state index contributed by atoms with van der Waals surface area (Å²) in [6.07, 6.45) is 2.68. The van der Waals surface area contributed by atoms with E-state index in [1.165, 1.54) is 27.5 Å². The Kier molecular flexibility index (Phi) is 27.4. The van der Waals surface area contributed by atoms with Crippen LogP contribution in [0.15, 0.2) is 394 Å². The third-order valence-electron chi connectivity index (χ3n) is 19.3. The van der Waals surface area contributed by atoms with Gasteiger partial charge in [-0.15, -0.1) is 0 Å². The van der Waals surface area contributed by atoms with E-state index in [1.54, 1.807) is 146 Å². The lowest BCUT2D eigenvalue weighted by Gasteiger charge is -2.36. The number of benzene rings is 16. The molecule has 12 N–H and O–H groups in total. The van der Waals surface area contributed by atoms with Crippen molar-refractivity contribution in [1.29, 1.82) is 0 Å². The molecule has 0 radical (unpaired) electrons. The third kappa shape index (κ3) is 22.3. The van der Waals surface area contributed by atoms with Gasteiger partial charge in [0, 0.05) is 11.8 Å². The number of rotatable bonds is 15. The van der Waals surface area contributed by atoms with E-state index < -0.39 is 5.41 Å². The summed E-state index contributed by atoms with van der Waals surface area (Å²) in [4.78, 5) is 0. The molecular weight excluding hydrogens is 1410 g/mol. The molecule has 0 heterocycles. The van der Waals surface area contributed by atoms with Crippen molar-refractivity contribution in [1.82, 2.24) is 0 Å². The minimum atomic E-state index is -0.566. The Morgan fingerprint density at radius 1 is 0.212 bits per heavy atom. The number of aromatic hydroxyl groups is 12.